The van der Waals surface area contributed by atoms with Crippen molar-refractivity contribution in [1.29, 1.82) is 0 Å². The van der Waals surface area contributed by atoms with Gasteiger partial charge in [0, 0.05) is 18.7 Å². The van der Waals surface area contributed by atoms with Crippen LogP contribution in [0.2, 0.25) is 5.15 Å². The lowest BCUT2D eigenvalue weighted by molar-refractivity contribution is 0.00331. The van der Waals surface area contributed by atoms with E-state index in [-0.39, 0.29) is 12.7 Å². The van der Waals surface area contributed by atoms with Crippen LogP contribution in [0.1, 0.15) is 18.9 Å². The minimum atomic E-state index is -0.151. The number of aromatic nitrogens is 2. The normalized spacial score (nSPS) is 20.2. The van der Waals surface area contributed by atoms with Gasteiger partial charge in [0.1, 0.15) is 17.3 Å². The van der Waals surface area contributed by atoms with Crippen molar-refractivity contribution >= 4 is 17.4 Å². The smallest absolute Gasteiger partial charge is 0.137 e. The molecule has 5 nitrogen and oxygen atoms in total. The third-order valence-corrected chi connectivity index (χ3v) is 3.34. The second kappa shape index (κ2) is 6.31. The number of aliphatic hydroxyl groups is 1. The van der Waals surface area contributed by atoms with Crippen molar-refractivity contribution in [2.75, 3.05) is 31.2 Å². The maximum Gasteiger partial charge on any atom is 0.137 e. The number of halogens is 1. The van der Waals surface area contributed by atoms with Gasteiger partial charge in [-0.05, 0) is 6.42 Å². The van der Waals surface area contributed by atoms with Crippen LogP contribution < -0.4 is 4.90 Å². The van der Waals surface area contributed by atoms with E-state index in [4.69, 9.17) is 16.3 Å². The maximum atomic E-state index is 9.17. The number of morpholine rings is 1. The van der Waals surface area contributed by atoms with Crippen LogP contribution in [0.15, 0.2) is 6.33 Å². The first-order valence-corrected chi connectivity index (χ1v) is 6.60. The summed E-state index contributed by atoms with van der Waals surface area (Å²) in [5.74, 6) is 0.874. The fraction of sp³-hybridized carbons (Fsp3) is 0.667. The SMILES string of the molecule is CCCc1c(Cl)ncnc1N1CCOC(CO)C1. The van der Waals surface area contributed by atoms with Crippen molar-refractivity contribution in [2.45, 2.75) is 25.9 Å². The lowest BCUT2D eigenvalue weighted by atomic mass is 10.1. The van der Waals surface area contributed by atoms with Crippen molar-refractivity contribution in [3.63, 3.8) is 0 Å². The molecule has 1 atom stereocenters. The summed E-state index contributed by atoms with van der Waals surface area (Å²) >= 11 is 6.14. The molecule has 1 N–H and O–H groups in total. The molecule has 100 valence electrons. The molecule has 1 saturated heterocycles. The van der Waals surface area contributed by atoms with Crippen LogP contribution in [-0.2, 0) is 11.2 Å². The molecule has 2 heterocycles. The highest BCUT2D eigenvalue weighted by atomic mass is 35.5. The fourth-order valence-corrected chi connectivity index (χ4v) is 2.36. The van der Waals surface area contributed by atoms with Crippen molar-refractivity contribution in [2.24, 2.45) is 0 Å². The van der Waals surface area contributed by atoms with Gasteiger partial charge in [-0.2, -0.15) is 0 Å². The molecule has 18 heavy (non-hydrogen) atoms. The van der Waals surface area contributed by atoms with Crippen LogP contribution in [0.5, 0.6) is 0 Å². The number of rotatable bonds is 4. The molecule has 0 aromatic carbocycles. The summed E-state index contributed by atoms with van der Waals surface area (Å²) < 4.78 is 5.44. The lowest BCUT2D eigenvalue weighted by Gasteiger charge is -2.33. The van der Waals surface area contributed by atoms with E-state index in [1.54, 1.807) is 0 Å². The summed E-state index contributed by atoms with van der Waals surface area (Å²) in [5.41, 5.74) is 0.986. The summed E-state index contributed by atoms with van der Waals surface area (Å²) in [6.45, 7) is 4.13. The molecule has 0 amide bonds. The molecule has 1 unspecified atom stereocenters. The van der Waals surface area contributed by atoms with Crippen LogP contribution in [0.25, 0.3) is 0 Å². The van der Waals surface area contributed by atoms with Crippen LogP contribution in [0.4, 0.5) is 5.82 Å². The molecular formula is C12H18ClN3O2. The molecule has 1 fully saturated rings. The summed E-state index contributed by atoms with van der Waals surface area (Å²) in [6, 6.07) is 0. The molecule has 2 rings (SSSR count). The quantitative estimate of drug-likeness (QED) is 0.836. The van der Waals surface area contributed by atoms with E-state index in [2.05, 4.69) is 21.8 Å². The Hall–Kier alpha value is -0.910. The Morgan fingerprint density at radius 1 is 1.56 bits per heavy atom. The van der Waals surface area contributed by atoms with Crippen molar-refractivity contribution in [1.82, 2.24) is 9.97 Å². The van der Waals surface area contributed by atoms with Gasteiger partial charge in [0.2, 0.25) is 0 Å². The number of nitrogens with zero attached hydrogens (tertiary/aromatic N) is 3. The maximum absolute atomic E-state index is 9.17. The number of aliphatic hydroxyl groups excluding tert-OH is 1. The third-order valence-electron chi connectivity index (χ3n) is 3.01. The van der Waals surface area contributed by atoms with Gasteiger partial charge in [-0.25, -0.2) is 9.97 Å². The summed E-state index contributed by atoms with van der Waals surface area (Å²) in [6.07, 6.45) is 3.19. The van der Waals surface area contributed by atoms with Crippen LogP contribution >= 0.6 is 11.6 Å². The molecule has 1 aromatic heterocycles. The van der Waals surface area contributed by atoms with Gasteiger partial charge in [-0.3, -0.25) is 0 Å². The predicted molar refractivity (Wildman–Crippen MR) is 70.1 cm³/mol. The highest BCUT2D eigenvalue weighted by molar-refractivity contribution is 6.30. The highest BCUT2D eigenvalue weighted by Crippen LogP contribution is 2.26. The zero-order chi connectivity index (χ0) is 13.0. The molecule has 0 aliphatic carbocycles. The summed E-state index contributed by atoms with van der Waals surface area (Å²) in [4.78, 5) is 10.5. The van der Waals surface area contributed by atoms with Gasteiger partial charge >= 0.3 is 0 Å². The molecule has 0 bridgehead atoms. The van der Waals surface area contributed by atoms with Crippen LogP contribution in [0.3, 0.4) is 0 Å². The number of ether oxygens (including phenoxy) is 1. The fourth-order valence-electron chi connectivity index (χ4n) is 2.14. The Bertz CT molecular complexity index is 403. The minimum absolute atomic E-state index is 0.0262. The molecule has 0 radical (unpaired) electrons. The van der Waals surface area contributed by atoms with Gasteiger partial charge in [-0.15, -0.1) is 0 Å². The third kappa shape index (κ3) is 2.91. The van der Waals surface area contributed by atoms with Gasteiger partial charge in [0.25, 0.3) is 0 Å². The van der Waals surface area contributed by atoms with Crippen LogP contribution in [0, 0.1) is 0 Å². The average Bonchev–Trinajstić information content (AvgIpc) is 2.41. The minimum Gasteiger partial charge on any atom is -0.394 e. The Labute approximate surface area is 112 Å². The van der Waals surface area contributed by atoms with E-state index < -0.39 is 0 Å². The van der Waals surface area contributed by atoms with E-state index in [0.717, 1.165) is 30.8 Å². The topological polar surface area (TPSA) is 58.5 Å². The van der Waals surface area contributed by atoms with Crippen molar-refractivity contribution in [3.8, 4) is 0 Å². The van der Waals surface area contributed by atoms with E-state index in [1.807, 2.05) is 0 Å². The van der Waals surface area contributed by atoms with E-state index in [0.29, 0.717) is 18.3 Å². The zero-order valence-electron chi connectivity index (χ0n) is 10.5. The van der Waals surface area contributed by atoms with Crippen molar-refractivity contribution < 1.29 is 9.84 Å². The zero-order valence-corrected chi connectivity index (χ0v) is 11.2. The van der Waals surface area contributed by atoms with Crippen LogP contribution in [-0.4, -0.2) is 47.5 Å². The number of hydrogen-bond donors (Lipinski definition) is 1. The molecule has 1 aliphatic rings. The first kappa shape index (κ1) is 13.5. The Kier molecular flexibility index (Phi) is 4.74. The average molecular weight is 272 g/mol. The van der Waals surface area contributed by atoms with Gasteiger partial charge < -0.3 is 14.7 Å². The molecule has 6 heteroatoms. The first-order valence-electron chi connectivity index (χ1n) is 6.23. The van der Waals surface area contributed by atoms with Gasteiger partial charge in [0.05, 0.1) is 19.3 Å². The molecule has 1 aliphatic heterocycles. The number of anilines is 1. The van der Waals surface area contributed by atoms with Gasteiger partial charge in [-0.1, -0.05) is 24.9 Å². The standard InChI is InChI=1S/C12H18ClN3O2/c1-2-3-10-11(13)14-8-15-12(10)16-4-5-18-9(6-16)7-17/h8-9,17H,2-7H2,1H3. The lowest BCUT2D eigenvalue weighted by Crippen LogP contribution is -2.44. The molecule has 0 spiro atoms. The summed E-state index contributed by atoms with van der Waals surface area (Å²) in [5, 5.41) is 9.69. The molecule has 1 aromatic rings. The molecule has 0 saturated carbocycles. The Morgan fingerprint density at radius 3 is 3.11 bits per heavy atom. The number of hydrogen-bond acceptors (Lipinski definition) is 5. The second-order valence-electron chi connectivity index (χ2n) is 4.34. The van der Waals surface area contributed by atoms with Gasteiger partial charge in [0.15, 0.2) is 0 Å². The predicted octanol–water partition coefficient (Wildman–Crippen LogP) is 1.28. The van der Waals surface area contributed by atoms with E-state index in [1.165, 1.54) is 6.33 Å². The Balaban J connectivity index is 2.23. The Morgan fingerprint density at radius 2 is 2.39 bits per heavy atom. The second-order valence-corrected chi connectivity index (χ2v) is 4.70. The largest absolute Gasteiger partial charge is 0.394 e. The van der Waals surface area contributed by atoms with E-state index in [9.17, 15) is 5.11 Å². The van der Waals surface area contributed by atoms with Crippen molar-refractivity contribution in [3.05, 3.63) is 17.0 Å². The highest BCUT2D eigenvalue weighted by Gasteiger charge is 2.23. The first-order chi connectivity index (χ1) is 8.76. The van der Waals surface area contributed by atoms with E-state index >= 15 is 0 Å². The molecular weight excluding hydrogens is 254 g/mol. The monoisotopic (exact) mass is 271 g/mol. The summed E-state index contributed by atoms with van der Waals surface area (Å²) in [7, 11) is 0.